The Bertz CT molecular complexity index is 824. The maximum Gasteiger partial charge on any atom is 0.325 e. The number of imide groups is 1. The third-order valence-corrected chi connectivity index (χ3v) is 4.49. The summed E-state index contributed by atoms with van der Waals surface area (Å²) in [4.78, 5) is 26.2. The number of rotatable bonds is 5. The van der Waals surface area contributed by atoms with Gasteiger partial charge in [-0.1, -0.05) is 35.9 Å². The first-order chi connectivity index (χ1) is 11.9. The maximum atomic E-state index is 12.8. The lowest BCUT2D eigenvalue weighted by molar-refractivity contribution is -0.131. The second kappa shape index (κ2) is 6.76. The number of urea groups is 1. The number of benzene rings is 2. The Morgan fingerprint density at radius 2 is 1.92 bits per heavy atom. The molecule has 1 unspecified atom stereocenters. The number of carbonyl (C=O) groups is 2. The van der Waals surface area contributed by atoms with Crippen molar-refractivity contribution < 1.29 is 14.3 Å². The predicted octanol–water partition coefficient (Wildman–Crippen LogP) is 3.49. The minimum atomic E-state index is -1.12. The predicted molar refractivity (Wildman–Crippen MR) is 95.7 cm³/mol. The first kappa shape index (κ1) is 17.3. The Morgan fingerprint density at radius 3 is 2.64 bits per heavy atom. The van der Waals surface area contributed by atoms with Crippen LogP contribution in [-0.2, 0) is 10.3 Å². The molecule has 3 rings (SSSR count). The number of amides is 3. The van der Waals surface area contributed by atoms with Crippen LogP contribution >= 0.6 is 11.6 Å². The number of carbonyl (C=O) groups excluding carboxylic acids is 2. The van der Waals surface area contributed by atoms with Crippen molar-refractivity contribution in [2.75, 3.05) is 13.2 Å². The molecule has 2 aromatic rings. The van der Waals surface area contributed by atoms with Crippen LogP contribution in [0, 0.1) is 6.92 Å². The van der Waals surface area contributed by atoms with Crippen LogP contribution in [0.5, 0.6) is 5.75 Å². The van der Waals surface area contributed by atoms with Gasteiger partial charge in [0.15, 0.2) is 0 Å². The van der Waals surface area contributed by atoms with Crippen LogP contribution in [0.4, 0.5) is 4.79 Å². The molecule has 6 heteroatoms. The largest absolute Gasteiger partial charge is 0.492 e. The molecule has 25 heavy (non-hydrogen) atoms. The molecule has 1 N–H and O–H groups in total. The number of ether oxygens (including phenoxy) is 1. The average Bonchev–Trinajstić information content (AvgIpc) is 2.79. The number of hydrogen-bond donors (Lipinski definition) is 1. The summed E-state index contributed by atoms with van der Waals surface area (Å²) in [5.41, 5.74) is 0.618. The van der Waals surface area contributed by atoms with Gasteiger partial charge in [0, 0.05) is 5.02 Å². The number of nitrogens with one attached hydrogen (secondary N) is 1. The molecule has 1 aliphatic heterocycles. The second-order valence-corrected chi connectivity index (χ2v) is 6.62. The first-order valence-electron chi connectivity index (χ1n) is 8.00. The zero-order chi connectivity index (χ0) is 18.0. The summed E-state index contributed by atoms with van der Waals surface area (Å²) >= 11 is 6.01. The smallest absolute Gasteiger partial charge is 0.325 e. The van der Waals surface area contributed by atoms with Crippen LogP contribution in [0.2, 0.25) is 5.02 Å². The van der Waals surface area contributed by atoms with E-state index in [9.17, 15) is 9.59 Å². The summed E-state index contributed by atoms with van der Waals surface area (Å²) in [5, 5.41) is 3.27. The average molecular weight is 359 g/mol. The standard InChI is InChI=1S/C19H19ClN2O3/c1-13-5-3-8-16(11-13)25-10-9-22-17(23)19(2,21-18(22)24)14-6-4-7-15(20)12-14/h3-8,11-12H,9-10H2,1-2H3,(H,21,24). The van der Waals surface area contributed by atoms with Crippen molar-refractivity contribution in [1.82, 2.24) is 10.2 Å². The Hall–Kier alpha value is -2.53. The topological polar surface area (TPSA) is 58.6 Å². The zero-order valence-corrected chi connectivity index (χ0v) is 14.8. The van der Waals surface area contributed by atoms with Crippen LogP contribution in [-0.4, -0.2) is 30.0 Å². The van der Waals surface area contributed by atoms with Gasteiger partial charge in [0.05, 0.1) is 6.54 Å². The van der Waals surface area contributed by atoms with Crippen LogP contribution < -0.4 is 10.1 Å². The monoisotopic (exact) mass is 358 g/mol. The lowest BCUT2D eigenvalue weighted by atomic mass is 9.92. The Kier molecular flexibility index (Phi) is 4.68. The molecule has 5 nitrogen and oxygen atoms in total. The number of nitrogens with zero attached hydrogens (tertiary/aromatic N) is 1. The molecule has 0 bridgehead atoms. The van der Waals surface area contributed by atoms with Crippen LogP contribution in [0.25, 0.3) is 0 Å². The van der Waals surface area contributed by atoms with Gasteiger partial charge in [-0.05, 0) is 49.2 Å². The normalized spacial score (nSPS) is 19.9. The fraction of sp³-hybridized carbons (Fsp3) is 0.263. The van der Waals surface area contributed by atoms with E-state index in [4.69, 9.17) is 16.3 Å². The zero-order valence-electron chi connectivity index (χ0n) is 14.1. The third kappa shape index (κ3) is 3.46. The molecule has 0 aliphatic carbocycles. The summed E-state index contributed by atoms with van der Waals surface area (Å²) in [5.74, 6) is 0.400. The molecule has 1 heterocycles. The fourth-order valence-corrected chi connectivity index (χ4v) is 3.05. The molecule has 1 fully saturated rings. The van der Waals surface area contributed by atoms with E-state index >= 15 is 0 Å². The first-order valence-corrected chi connectivity index (χ1v) is 8.37. The molecular formula is C19H19ClN2O3. The van der Waals surface area contributed by atoms with Crippen molar-refractivity contribution >= 4 is 23.5 Å². The van der Waals surface area contributed by atoms with E-state index in [0.717, 1.165) is 5.56 Å². The molecule has 0 saturated carbocycles. The van der Waals surface area contributed by atoms with E-state index in [2.05, 4.69) is 5.32 Å². The van der Waals surface area contributed by atoms with E-state index in [0.29, 0.717) is 16.3 Å². The van der Waals surface area contributed by atoms with Crippen molar-refractivity contribution in [2.45, 2.75) is 19.4 Å². The molecule has 2 aromatic carbocycles. The van der Waals surface area contributed by atoms with Crippen LogP contribution in [0.15, 0.2) is 48.5 Å². The second-order valence-electron chi connectivity index (χ2n) is 6.19. The fourth-order valence-electron chi connectivity index (χ4n) is 2.86. The van der Waals surface area contributed by atoms with Gasteiger partial charge in [0.2, 0.25) is 0 Å². The SMILES string of the molecule is Cc1cccc(OCCN2C(=O)NC(C)(c3cccc(Cl)c3)C2=O)c1. The molecule has 1 saturated heterocycles. The number of aryl methyl sites for hydroxylation is 1. The van der Waals surface area contributed by atoms with Gasteiger partial charge in [-0.15, -0.1) is 0 Å². The molecule has 130 valence electrons. The van der Waals surface area contributed by atoms with Gasteiger partial charge in [0.1, 0.15) is 17.9 Å². The van der Waals surface area contributed by atoms with Crippen molar-refractivity contribution in [3.63, 3.8) is 0 Å². The molecule has 1 atom stereocenters. The quantitative estimate of drug-likeness (QED) is 0.832. The van der Waals surface area contributed by atoms with Crippen molar-refractivity contribution in [3.8, 4) is 5.75 Å². The lowest BCUT2D eigenvalue weighted by Gasteiger charge is -2.22. The summed E-state index contributed by atoms with van der Waals surface area (Å²) < 4.78 is 5.64. The minimum Gasteiger partial charge on any atom is -0.492 e. The van der Waals surface area contributed by atoms with Gasteiger partial charge < -0.3 is 10.1 Å². The van der Waals surface area contributed by atoms with Gasteiger partial charge in [-0.3, -0.25) is 9.69 Å². The van der Waals surface area contributed by atoms with E-state index in [1.807, 2.05) is 31.2 Å². The van der Waals surface area contributed by atoms with Crippen LogP contribution in [0.1, 0.15) is 18.1 Å². The lowest BCUT2D eigenvalue weighted by Crippen LogP contribution is -2.41. The Morgan fingerprint density at radius 1 is 1.16 bits per heavy atom. The van der Waals surface area contributed by atoms with Gasteiger partial charge in [0.25, 0.3) is 5.91 Å². The van der Waals surface area contributed by atoms with Crippen molar-refractivity contribution in [2.24, 2.45) is 0 Å². The number of hydrogen-bond acceptors (Lipinski definition) is 3. The molecule has 0 radical (unpaired) electrons. The molecular weight excluding hydrogens is 340 g/mol. The van der Waals surface area contributed by atoms with Crippen LogP contribution in [0.3, 0.4) is 0 Å². The Labute approximate surface area is 151 Å². The molecule has 1 aliphatic rings. The molecule has 0 aromatic heterocycles. The summed E-state index contributed by atoms with van der Waals surface area (Å²) in [6.45, 7) is 4.06. The van der Waals surface area contributed by atoms with E-state index in [1.165, 1.54) is 4.90 Å². The van der Waals surface area contributed by atoms with E-state index < -0.39 is 11.6 Å². The number of halogens is 1. The van der Waals surface area contributed by atoms with Crippen molar-refractivity contribution in [1.29, 1.82) is 0 Å². The molecule has 3 amide bonds. The maximum absolute atomic E-state index is 12.8. The summed E-state index contributed by atoms with van der Waals surface area (Å²) in [7, 11) is 0. The van der Waals surface area contributed by atoms with Crippen molar-refractivity contribution in [3.05, 3.63) is 64.7 Å². The highest BCUT2D eigenvalue weighted by molar-refractivity contribution is 6.30. The van der Waals surface area contributed by atoms with Gasteiger partial charge >= 0.3 is 6.03 Å². The summed E-state index contributed by atoms with van der Waals surface area (Å²) in [6.07, 6.45) is 0. The van der Waals surface area contributed by atoms with E-state index in [1.54, 1.807) is 31.2 Å². The Balaban J connectivity index is 1.69. The highest BCUT2D eigenvalue weighted by Gasteiger charge is 2.48. The van der Waals surface area contributed by atoms with Gasteiger partial charge in [-0.2, -0.15) is 0 Å². The third-order valence-electron chi connectivity index (χ3n) is 4.25. The highest BCUT2D eigenvalue weighted by atomic mass is 35.5. The van der Waals surface area contributed by atoms with E-state index in [-0.39, 0.29) is 19.1 Å². The molecule has 0 spiro atoms. The minimum absolute atomic E-state index is 0.175. The van der Waals surface area contributed by atoms with Gasteiger partial charge in [-0.25, -0.2) is 4.79 Å². The summed E-state index contributed by atoms with van der Waals surface area (Å²) in [6, 6.07) is 14.1. The highest BCUT2D eigenvalue weighted by Crippen LogP contribution is 2.30.